The second kappa shape index (κ2) is 7.82. The van der Waals surface area contributed by atoms with Crippen molar-refractivity contribution in [3.8, 4) is 0 Å². The Morgan fingerprint density at radius 2 is 1.88 bits per heavy atom. The predicted molar refractivity (Wildman–Crippen MR) is 113 cm³/mol. The van der Waals surface area contributed by atoms with Crippen LogP contribution in [0.15, 0.2) is 12.7 Å². The van der Waals surface area contributed by atoms with Gasteiger partial charge in [0.1, 0.15) is 24.1 Å². The summed E-state index contributed by atoms with van der Waals surface area (Å²) >= 11 is 0. The van der Waals surface area contributed by atoms with E-state index in [0.29, 0.717) is 11.2 Å². The Bertz CT molecular complexity index is 1110. The molecular weight excluding hydrogens is 464 g/mol. The predicted octanol–water partition coefficient (Wildman–Crippen LogP) is 1.26. The highest BCUT2D eigenvalue weighted by Crippen LogP contribution is 2.64. The number of ether oxygens (including phenoxy) is 2. The summed E-state index contributed by atoms with van der Waals surface area (Å²) in [4.78, 5) is 42.2. The van der Waals surface area contributed by atoms with E-state index in [4.69, 9.17) is 19.7 Å². The first kappa shape index (κ1) is 23.7. The number of fused-ring (bicyclic) bond motifs is 1. The SMILES string of the molecule is CO[C@H]1C(OP(=O)(O)C(C)(C)C)[C@@H](C2CC2P(=O)(O)O)O[C@H]1n1cnc2c(N)ncnc21. The minimum absolute atomic E-state index is 0.168. The van der Waals surface area contributed by atoms with Crippen molar-refractivity contribution in [2.24, 2.45) is 5.92 Å². The Morgan fingerprint density at radius 1 is 1.19 bits per heavy atom. The van der Waals surface area contributed by atoms with Crippen LogP contribution in [0.5, 0.6) is 0 Å². The zero-order chi connectivity index (χ0) is 23.6. The van der Waals surface area contributed by atoms with Crippen LogP contribution < -0.4 is 5.73 Å². The van der Waals surface area contributed by atoms with Crippen molar-refractivity contribution in [3.05, 3.63) is 12.7 Å². The minimum Gasteiger partial charge on any atom is -0.382 e. The fourth-order valence-electron chi connectivity index (χ4n) is 3.92. The smallest absolute Gasteiger partial charge is 0.333 e. The lowest BCUT2D eigenvalue weighted by molar-refractivity contribution is -0.0526. The third-order valence-corrected chi connectivity index (χ3v) is 9.61. The number of imidazole rings is 1. The van der Waals surface area contributed by atoms with Crippen molar-refractivity contribution >= 4 is 32.2 Å². The van der Waals surface area contributed by atoms with Crippen LogP contribution in [-0.4, -0.2) is 70.4 Å². The molecule has 0 radical (unpaired) electrons. The first-order valence-electron chi connectivity index (χ1n) is 9.94. The van der Waals surface area contributed by atoms with Gasteiger partial charge in [-0.2, -0.15) is 0 Å². The standard InChI is InChI=1S/C17H27N5O8P2/c1-17(2,3)32(26,27)30-12-11(8-5-9(8)31(23,24)25)29-16(13(12)28-4)22-7-21-10-14(18)19-6-20-15(10)22/h6-9,11-13,16H,5H2,1-4H3,(H,26,27)(H2,18,19,20)(H2,23,24,25)/t8?,9?,11-,12?,13+,16-/m1/s1. The highest BCUT2D eigenvalue weighted by Gasteiger charge is 2.62. The van der Waals surface area contributed by atoms with E-state index in [1.54, 1.807) is 25.3 Å². The fraction of sp³-hybridized carbons (Fsp3) is 0.706. The molecule has 0 spiro atoms. The van der Waals surface area contributed by atoms with Crippen LogP contribution in [0.4, 0.5) is 5.82 Å². The molecule has 32 heavy (non-hydrogen) atoms. The summed E-state index contributed by atoms with van der Waals surface area (Å²) < 4.78 is 43.9. The number of aromatic nitrogens is 4. The van der Waals surface area contributed by atoms with Crippen molar-refractivity contribution in [1.29, 1.82) is 0 Å². The van der Waals surface area contributed by atoms with Gasteiger partial charge in [-0.1, -0.05) is 0 Å². The molecule has 15 heteroatoms. The van der Waals surface area contributed by atoms with Crippen molar-refractivity contribution in [3.63, 3.8) is 0 Å². The number of nitrogens with two attached hydrogens (primary N) is 1. The van der Waals surface area contributed by atoms with Crippen molar-refractivity contribution < 1.29 is 37.8 Å². The number of hydrogen-bond donors (Lipinski definition) is 4. The molecule has 1 aliphatic carbocycles. The van der Waals surface area contributed by atoms with Gasteiger partial charge in [0.2, 0.25) is 0 Å². The summed E-state index contributed by atoms with van der Waals surface area (Å²) in [5, 5.41) is -1.09. The van der Waals surface area contributed by atoms with Crippen molar-refractivity contribution in [1.82, 2.24) is 19.5 Å². The van der Waals surface area contributed by atoms with Crippen LogP contribution in [0.2, 0.25) is 0 Å². The Hall–Kier alpha value is -1.43. The van der Waals surface area contributed by atoms with E-state index in [1.165, 1.54) is 19.8 Å². The lowest BCUT2D eigenvalue weighted by Gasteiger charge is -2.31. The third-order valence-electron chi connectivity index (χ3n) is 5.93. The summed E-state index contributed by atoms with van der Waals surface area (Å²) in [7, 11) is -7.14. The average molecular weight is 491 g/mol. The quantitative estimate of drug-likeness (QED) is 0.423. The second-order valence-electron chi connectivity index (χ2n) is 9.09. The molecule has 2 fully saturated rings. The molecule has 0 bridgehead atoms. The van der Waals surface area contributed by atoms with Crippen LogP contribution >= 0.6 is 15.2 Å². The normalized spacial score (nSPS) is 32.8. The van der Waals surface area contributed by atoms with Gasteiger partial charge in [0, 0.05) is 13.0 Å². The topological polar surface area (TPSA) is 192 Å². The number of rotatable bonds is 6. The molecule has 0 aromatic carbocycles. The lowest BCUT2D eigenvalue weighted by atomic mass is 10.1. The average Bonchev–Trinajstić information content (AvgIpc) is 3.24. The number of hydrogen-bond acceptors (Lipinski definition) is 9. The van der Waals surface area contributed by atoms with E-state index < -0.39 is 56.5 Å². The van der Waals surface area contributed by atoms with Gasteiger partial charge in [0.25, 0.3) is 0 Å². The summed E-state index contributed by atoms with van der Waals surface area (Å²) in [5.74, 6) is -0.403. The number of methoxy groups -OCH3 is 1. The van der Waals surface area contributed by atoms with E-state index in [-0.39, 0.29) is 12.2 Å². The molecule has 13 nitrogen and oxygen atoms in total. The van der Waals surface area contributed by atoms with Gasteiger partial charge < -0.3 is 29.9 Å². The molecule has 1 aliphatic heterocycles. The van der Waals surface area contributed by atoms with Crippen LogP contribution in [0.3, 0.4) is 0 Å². The molecule has 4 rings (SSSR count). The van der Waals surface area contributed by atoms with E-state index >= 15 is 0 Å². The zero-order valence-corrected chi connectivity index (χ0v) is 19.8. The van der Waals surface area contributed by atoms with Gasteiger partial charge in [0.15, 0.2) is 17.7 Å². The summed E-state index contributed by atoms with van der Waals surface area (Å²) in [6.45, 7) is 4.70. The van der Waals surface area contributed by atoms with E-state index in [9.17, 15) is 23.8 Å². The van der Waals surface area contributed by atoms with Crippen LogP contribution in [0.25, 0.3) is 11.2 Å². The summed E-state index contributed by atoms with van der Waals surface area (Å²) in [5.41, 5.74) is 5.65. The highest BCUT2D eigenvalue weighted by molar-refractivity contribution is 7.54. The molecule has 2 aromatic heterocycles. The van der Waals surface area contributed by atoms with E-state index in [1.807, 2.05) is 0 Å². The van der Waals surface area contributed by atoms with Crippen LogP contribution in [0, 0.1) is 5.92 Å². The molecule has 1 saturated heterocycles. The Labute approximate surface area is 184 Å². The van der Waals surface area contributed by atoms with Gasteiger partial charge in [0.05, 0.1) is 23.2 Å². The second-order valence-corrected chi connectivity index (χ2v) is 13.5. The van der Waals surface area contributed by atoms with Crippen LogP contribution in [0.1, 0.15) is 33.4 Å². The van der Waals surface area contributed by atoms with Crippen molar-refractivity contribution in [2.75, 3.05) is 12.8 Å². The van der Waals surface area contributed by atoms with Gasteiger partial charge in [-0.05, 0) is 27.2 Å². The highest BCUT2D eigenvalue weighted by atomic mass is 31.2. The minimum atomic E-state index is -4.36. The van der Waals surface area contributed by atoms with Crippen molar-refractivity contribution in [2.45, 2.75) is 62.5 Å². The molecule has 178 valence electrons. The Morgan fingerprint density at radius 3 is 2.44 bits per heavy atom. The van der Waals surface area contributed by atoms with Gasteiger partial charge in [-0.3, -0.25) is 18.2 Å². The molecule has 4 unspecified atom stereocenters. The van der Waals surface area contributed by atoms with Crippen LogP contribution in [-0.2, 0) is 23.1 Å². The fourth-order valence-corrected chi connectivity index (χ4v) is 6.00. The maximum Gasteiger partial charge on any atom is 0.333 e. The molecule has 5 N–H and O–H groups in total. The molecule has 2 aliphatic rings. The molecule has 1 saturated carbocycles. The maximum absolute atomic E-state index is 13.0. The molecule has 3 heterocycles. The third kappa shape index (κ3) is 4.01. The summed E-state index contributed by atoms with van der Waals surface area (Å²) in [6, 6.07) is 0. The lowest BCUT2D eigenvalue weighted by Crippen LogP contribution is -2.38. The van der Waals surface area contributed by atoms with Gasteiger partial charge in [-0.25, -0.2) is 15.0 Å². The number of nitrogen functional groups attached to an aromatic ring is 1. The first-order chi connectivity index (χ1) is 14.8. The summed E-state index contributed by atoms with van der Waals surface area (Å²) in [6.07, 6.45) is -0.864. The van der Waals surface area contributed by atoms with E-state index in [2.05, 4.69) is 15.0 Å². The van der Waals surface area contributed by atoms with Gasteiger partial charge >= 0.3 is 15.2 Å². The monoisotopic (exact) mass is 491 g/mol. The largest absolute Gasteiger partial charge is 0.382 e. The Kier molecular flexibility index (Phi) is 5.79. The molecular formula is C17H27N5O8P2. The van der Waals surface area contributed by atoms with Gasteiger partial charge in [-0.15, -0.1) is 0 Å². The molecule has 0 amide bonds. The van der Waals surface area contributed by atoms with E-state index in [0.717, 1.165) is 0 Å². The first-order valence-corrected chi connectivity index (χ1v) is 13.2. The molecule has 7 atom stereocenters. The maximum atomic E-state index is 13.0. The number of anilines is 1. The zero-order valence-electron chi connectivity index (χ0n) is 18.0. The molecule has 2 aromatic rings. The Balaban J connectivity index is 1.74. The number of nitrogens with zero attached hydrogens (tertiary/aromatic N) is 4.